The van der Waals surface area contributed by atoms with Crippen LogP contribution >= 0.6 is 11.8 Å². The summed E-state index contributed by atoms with van der Waals surface area (Å²) in [5.74, 6) is 0.478. The lowest BCUT2D eigenvalue weighted by Gasteiger charge is -2.09. The van der Waals surface area contributed by atoms with Gasteiger partial charge in [-0.25, -0.2) is 14.6 Å². The number of Topliss-reactive ketones (excluding diaryl/α,β-unsaturated/α-hetero) is 1. The Balaban J connectivity index is 1.52. The van der Waals surface area contributed by atoms with Gasteiger partial charge < -0.3 is 5.32 Å². The molecule has 2 aromatic heterocycles. The molecule has 8 heteroatoms. The lowest BCUT2D eigenvalue weighted by molar-refractivity contribution is -0.113. The van der Waals surface area contributed by atoms with Crippen LogP contribution in [0.5, 0.6) is 0 Å². The van der Waals surface area contributed by atoms with E-state index in [1.165, 1.54) is 18.7 Å². The van der Waals surface area contributed by atoms with Crippen LogP contribution < -0.4 is 5.32 Å². The molecule has 0 aliphatic carbocycles. The maximum absolute atomic E-state index is 12.9. The van der Waals surface area contributed by atoms with Gasteiger partial charge >= 0.3 is 0 Å². The molecule has 0 radical (unpaired) electrons. The van der Waals surface area contributed by atoms with E-state index in [1.54, 1.807) is 24.3 Å². The molecule has 0 bridgehead atoms. The summed E-state index contributed by atoms with van der Waals surface area (Å²) in [5.41, 5.74) is 4.50. The van der Waals surface area contributed by atoms with Crippen LogP contribution in [-0.4, -0.2) is 37.2 Å². The van der Waals surface area contributed by atoms with Crippen molar-refractivity contribution in [2.45, 2.75) is 25.3 Å². The SMILES string of the molecule is CCc1nn(-c2ccccc2)c2nc(-c3ccccc3)nc(SCC(=O)Nc3cccc(C(C)=O)c3)c12. The molecule has 0 saturated carbocycles. The topological polar surface area (TPSA) is 89.8 Å². The molecule has 37 heavy (non-hydrogen) atoms. The summed E-state index contributed by atoms with van der Waals surface area (Å²) in [6.45, 7) is 3.55. The number of hydrogen-bond donors (Lipinski definition) is 1. The highest BCUT2D eigenvalue weighted by atomic mass is 32.2. The molecule has 0 aliphatic rings. The number of rotatable bonds is 8. The van der Waals surface area contributed by atoms with Gasteiger partial charge in [0.1, 0.15) is 5.03 Å². The van der Waals surface area contributed by atoms with Crippen molar-refractivity contribution in [3.05, 3.63) is 96.2 Å². The summed E-state index contributed by atoms with van der Waals surface area (Å²) in [6.07, 6.45) is 0.696. The predicted octanol–water partition coefficient (Wildman–Crippen LogP) is 5.98. The molecule has 3 aromatic carbocycles. The second kappa shape index (κ2) is 10.8. The average Bonchev–Trinajstić information content (AvgIpc) is 3.32. The Bertz CT molecular complexity index is 1580. The van der Waals surface area contributed by atoms with Crippen molar-refractivity contribution in [1.82, 2.24) is 19.7 Å². The summed E-state index contributed by atoms with van der Waals surface area (Å²) >= 11 is 1.35. The fourth-order valence-corrected chi connectivity index (χ4v) is 4.86. The van der Waals surface area contributed by atoms with E-state index >= 15 is 0 Å². The Labute approximate surface area is 219 Å². The molecule has 0 spiro atoms. The summed E-state index contributed by atoms with van der Waals surface area (Å²) in [4.78, 5) is 34.3. The van der Waals surface area contributed by atoms with Crippen molar-refractivity contribution >= 4 is 40.2 Å². The predicted molar refractivity (Wildman–Crippen MR) is 147 cm³/mol. The second-order valence-corrected chi connectivity index (χ2v) is 9.40. The van der Waals surface area contributed by atoms with Gasteiger partial charge in [-0.2, -0.15) is 5.10 Å². The van der Waals surface area contributed by atoms with E-state index in [9.17, 15) is 9.59 Å². The van der Waals surface area contributed by atoms with Gasteiger partial charge in [0.25, 0.3) is 0 Å². The van der Waals surface area contributed by atoms with E-state index < -0.39 is 0 Å². The fourth-order valence-electron chi connectivity index (χ4n) is 4.02. The number of nitrogens with zero attached hydrogens (tertiary/aromatic N) is 4. The van der Waals surface area contributed by atoms with Crippen molar-refractivity contribution in [2.24, 2.45) is 0 Å². The average molecular weight is 508 g/mol. The number of fused-ring (bicyclic) bond motifs is 1. The minimum atomic E-state index is -0.188. The molecule has 0 fully saturated rings. The molecule has 0 unspecified atom stereocenters. The fraction of sp³-hybridized carbons (Fsp3) is 0.138. The minimum absolute atomic E-state index is 0.0511. The van der Waals surface area contributed by atoms with Crippen LogP contribution in [0.1, 0.15) is 29.9 Å². The first-order valence-corrected chi connectivity index (χ1v) is 13.0. The van der Waals surface area contributed by atoms with Crippen LogP contribution in [0.15, 0.2) is 90.0 Å². The number of hydrogen-bond acceptors (Lipinski definition) is 6. The van der Waals surface area contributed by atoms with Crippen LogP contribution in [0.2, 0.25) is 0 Å². The lowest BCUT2D eigenvalue weighted by atomic mass is 10.1. The number of carbonyl (C=O) groups excluding carboxylic acids is 2. The molecule has 0 atom stereocenters. The van der Waals surface area contributed by atoms with Crippen LogP contribution in [-0.2, 0) is 11.2 Å². The van der Waals surface area contributed by atoms with Crippen molar-refractivity contribution < 1.29 is 9.59 Å². The summed E-state index contributed by atoms with van der Waals surface area (Å²) in [5, 5.41) is 9.30. The van der Waals surface area contributed by atoms with E-state index in [1.807, 2.05) is 72.3 Å². The zero-order valence-electron chi connectivity index (χ0n) is 20.5. The zero-order chi connectivity index (χ0) is 25.8. The number of aromatic nitrogens is 4. The summed E-state index contributed by atoms with van der Waals surface area (Å²) in [6, 6.07) is 26.6. The Morgan fingerprint density at radius 3 is 2.35 bits per heavy atom. The molecule has 7 nitrogen and oxygen atoms in total. The molecule has 2 heterocycles. The maximum Gasteiger partial charge on any atom is 0.234 e. The first-order valence-electron chi connectivity index (χ1n) is 12.0. The Morgan fingerprint density at radius 1 is 0.919 bits per heavy atom. The summed E-state index contributed by atoms with van der Waals surface area (Å²) in [7, 11) is 0. The third-order valence-electron chi connectivity index (χ3n) is 5.83. The number of benzene rings is 3. The smallest absolute Gasteiger partial charge is 0.234 e. The number of anilines is 1. The standard InChI is InChI=1S/C29H25N5O2S/c1-3-24-26-28(34(33-24)23-15-8-5-9-16-23)31-27(20-11-6-4-7-12-20)32-29(26)37-18-25(36)30-22-14-10-13-21(17-22)19(2)35/h4-17H,3,18H2,1-2H3,(H,30,36). The van der Waals surface area contributed by atoms with Gasteiger partial charge in [0.05, 0.1) is 22.5 Å². The molecule has 1 N–H and O–H groups in total. The van der Waals surface area contributed by atoms with E-state index in [-0.39, 0.29) is 17.4 Å². The number of ketones is 1. The molecular weight excluding hydrogens is 482 g/mol. The summed E-state index contributed by atoms with van der Waals surface area (Å²) < 4.78 is 1.85. The number of nitrogens with one attached hydrogen (secondary N) is 1. The molecular formula is C29H25N5O2S. The largest absolute Gasteiger partial charge is 0.325 e. The molecule has 5 rings (SSSR count). The van der Waals surface area contributed by atoms with E-state index in [0.717, 1.165) is 22.3 Å². The van der Waals surface area contributed by atoms with Crippen molar-refractivity contribution in [3.8, 4) is 17.1 Å². The van der Waals surface area contributed by atoms with Gasteiger partial charge in [-0.3, -0.25) is 9.59 Å². The van der Waals surface area contributed by atoms with E-state index in [4.69, 9.17) is 15.1 Å². The van der Waals surface area contributed by atoms with E-state index in [2.05, 4.69) is 5.32 Å². The first kappa shape index (κ1) is 24.4. The minimum Gasteiger partial charge on any atom is -0.325 e. The van der Waals surface area contributed by atoms with Crippen LogP contribution in [0, 0.1) is 0 Å². The molecule has 5 aromatic rings. The Kier molecular flexibility index (Phi) is 7.09. The van der Waals surface area contributed by atoms with Gasteiger partial charge in [-0.05, 0) is 37.6 Å². The molecule has 0 saturated heterocycles. The van der Waals surface area contributed by atoms with Crippen molar-refractivity contribution in [1.29, 1.82) is 0 Å². The number of amides is 1. The molecule has 184 valence electrons. The normalized spacial score (nSPS) is 11.0. The van der Waals surface area contributed by atoms with Crippen molar-refractivity contribution in [3.63, 3.8) is 0 Å². The number of aryl methyl sites for hydroxylation is 1. The van der Waals surface area contributed by atoms with Gasteiger partial charge in [0, 0.05) is 16.8 Å². The quantitative estimate of drug-likeness (QED) is 0.158. The third kappa shape index (κ3) is 5.29. The van der Waals surface area contributed by atoms with Crippen molar-refractivity contribution in [2.75, 3.05) is 11.1 Å². The van der Waals surface area contributed by atoms with Gasteiger partial charge in [0.15, 0.2) is 17.3 Å². The molecule has 1 amide bonds. The van der Waals surface area contributed by atoms with Gasteiger partial charge in [-0.1, -0.05) is 79.3 Å². The third-order valence-corrected chi connectivity index (χ3v) is 6.80. The van der Waals surface area contributed by atoms with E-state index in [0.29, 0.717) is 34.2 Å². The number of para-hydroxylation sites is 1. The van der Waals surface area contributed by atoms with Gasteiger partial charge in [-0.15, -0.1) is 0 Å². The lowest BCUT2D eigenvalue weighted by Crippen LogP contribution is -2.14. The highest BCUT2D eigenvalue weighted by molar-refractivity contribution is 8.00. The van der Waals surface area contributed by atoms with Crippen LogP contribution in [0.25, 0.3) is 28.1 Å². The second-order valence-electron chi connectivity index (χ2n) is 8.44. The Morgan fingerprint density at radius 2 is 1.65 bits per heavy atom. The van der Waals surface area contributed by atoms with Gasteiger partial charge in [0.2, 0.25) is 5.91 Å². The highest BCUT2D eigenvalue weighted by Gasteiger charge is 2.20. The number of carbonyl (C=O) groups is 2. The maximum atomic E-state index is 12.9. The monoisotopic (exact) mass is 507 g/mol. The van der Waals surface area contributed by atoms with Crippen LogP contribution in [0.3, 0.4) is 0 Å². The first-order chi connectivity index (χ1) is 18.0. The highest BCUT2D eigenvalue weighted by Crippen LogP contribution is 2.32. The zero-order valence-corrected chi connectivity index (χ0v) is 21.3. The van der Waals surface area contributed by atoms with Crippen LogP contribution in [0.4, 0.5) is 5.69 Å². The molecule has 0 aliphatic heterocycles. The number of thioether (sulfide) groups is 1. The Hall–Kier alpha value is -4.30.